The summed E-state index contributed by atoms with van der Waals surface area (Å²) in [5, 5.41) is 3.13. The molecule has 0 atom stereocenters. The number of nitrogens with one attached hydrogen (secondary N) is 1. The first-order valence-electron chi connectivity index (χ1n) is 6.97. The van der Waals surface area contributed by atoms with E-state index in [2.05, 4.69) is 41.5 Å². The Labute approximate surface area is 143 Å². The van der Waals surface area contributed by atoms with Gasteiger partial charge in [-0.25, -0.2) is 0 Å². The SMILES string of the molecule is CCc1cccc(NC(N)=NCCc2ccccc2)c1.I. The third-order valence-electron chi connectivity index (χ3n) is 3.13. The average Bonchev–Trinajstić information content (AvgIpc) is 2.48. The Morgan fingerprint density at radius 2 is 1.76 bits per heavy atom. The molecule has 0 aliphatic rings. The van der Waals surface area contributed by atoms with E-state index >= 15 is 0 Å². The van der Waals surface area contributed by atoms with Gasteiger partial charge in [0.2, 0.25) is 0 Å². The number of hydrogen-bond donors (Lipinski definition) is 2. The lowest BCUT2D eigenvalue weighted by atomic mass is 10.1. The van der Waals surface area contributed by atoms with Crippen molar-refractivity contribution < 1.29 is 0 Å². The molecule has 0 radical (unpaired) electrons. The van der Waals surface area contributed by atoms with Gasteiger partial charge in [-0.1, -0.05) is 49.4 Å². The number of nitrogens with two attached hydrogens (primary N) is 1. The van der Waals surface area contributed by atoms with Gasteiger partial charge < -0.3 is 11.1 Å². The zero-order chi connectivity index (χ0) is 14.2. The minimum Gasteiger partial charge on any atom is -0.370 e. The van der Waals surface area contributed by atoms with Gasteiger partial charge in [-0.2, -0.15) is 0 Å². The van der Waals surface area contributed by atoms with Crippen LogP contribution in [0.4, 0.5) is 5.69 Å². The molecule has 0 heterocycles. The fourth-order valence-electron chi connectivity index (χ4n) is 2.01. The van der Waals surface area contributed by atoms with Crippen LogP contribution in [-0.2, 0) is 12.8 Å². The number of halogens is 1. The first-order valence-corrected chi connectivity index (χ1v) is 6.97. The molecule has 4 heteroatoms. The molecule has 2 aromatic carbocycles. The van der Waals surface area contributed by atoms with Crippen molar-refractivity contribution in [2.45, 2.75) is 19.8 Å². The second kappa shape index (κ2) is 9.39. The van der Waals surface area contributed by atoms with Gasteiger partial charge in [-0.15, -0.1) is 24.0 Å². The van der Waals surface area contributed by atoms with Crippen LogP contribution in [0.3, 0.4) is 0 Å². The minimum atomic E-state index is 0. The maximum absolute atomic E-state index is 5.90. The van der Waals surface area contributed by atoms with Gasteiger partial charge >= 0.3 is 0 Å². The highest BCUT2D eigenvalue weighted by molar-refractivity contribution is 14.0. The van der Waals surface area contributed by atoms with E-state index in [9.17, 15) is 0 Å². The third kappa shape index (κ3) is 6.16. The van der Waals surface area contributed by atoms with E-state index in [-0.39, 0.29) is 24.0 Å². The predicted molar refractivity (Wildman–Crippen MR) is 101 cm³/mol. The maximum Gasteiger partial charge on any atom is 0.193 e. The molecule has 0 aliphatic carbocycles. The van der Waals surface area contributed by atoms with Crippen LogP contribution < -0.4 is 11.1 Å². The van der Waals surface area contributed by atoms with Crippen molar-refractivity contribution >= 4 is 35.6 Å². The summed E-state index contributed by atoms with van der Waals surface area (Å²) in [5.41, 5.74) is 9.45. The molecule has 0 saturated heterocycles. The van der Waals surface area contributed by atoms with E-state index in [1.165, 1.54) is 11.1 Å². The summed E-state index contributed by atoms with van der Waals surface area (Å²) in [6.07, 6.45) is 1.92. The molecule has 3 nitrogen and oxygen atoms in total. The van der Waals surface area contributed by atoms with E-state index in [4.69, 9.17) is 5.73 Å². The number of anilines is 1. The molecule has 0 fully saturated rings. The molecule has 0 unspecified atom stereocenters. The van der Waals surface area contributed by atoms with Gasteiger partial charge in [0.05, 0.1) is 0 Å². The van der Waals surface area contributed by atoms with Crippen LogP contribution in [-0.4, -0.2) is 12.5 Å². The Bertz CT molecular complexity index is 567. The predicted octanol–water partition coefficient (Wildman–Crippen LogP) is 3.84. The number of aryl methyl sites for hydroxylation is 1. The molecule has 21 heavy (non-hydrogen) atoms. The number of guanidine groups is 1. The Balaban J connectivity index is 0.00000220. The van der Waals surface area contributed by atoms with E-state index in [0.717, 1.165) is 18.5 Å². The summed E-state index contributed by atoms with van der Waals surface area (Å²) < 4.78 is 0. The molecule has 2 rings (SSSR count). The highest BCUT2D eigenvalue weighted by Crippen LogP contribution is 2.10. The fraction of sp³-hybridized carbons (Fsp3) is 0.235. The highest BCUT2D eigenvalue weighted by atomic mass is 127. The van der Waals surface area contributed by atoms with E-state index < -0.39 is 0 Å². The zero-order valence-electron chi connectivity index (χ0n) is 12.3. The van der Waals surface area contributed by atoms with Crippen LogP contribution in [0.5, 0.6) is 0 Å². The van der Waals surface area contributed by atoms with Crippen LogP contribution in [0.25, 0.3) is 0 Å². The van der Waals surface area contributed by atoms with Crippen molar-refractivity contribution in [1.29, 1.82) is 0 Å². The molecule has 0 amide bonds. The van der Waals surface area contributed by atoms with Gasteiger partial charge in [-0.05, 0) is 36.1 Å². The molecule has 112 valence electrons. The smallest absolute Gasteiger partial charge is 0.193 e. The Kier molecular flexibility index (Phi) is 7.82. The van der Waals surface area contributed by atoms with Crippen molar-refractivity contribution in [3.05, 3.63) is 65.7 Å². The number of nitrogens with zero attached hydrogens (tertiary/aromatic N) is 1. The van der Waals surface area contributed by atoms with Gasteiger partial charge in [0.15, 0.2) is 5.96 Å². The Morgan fingerprint density at radius 1 is 1.05 bits per heavy atom. The number of hydrogen-bond acceptors (Lipinski definition) is 1. The van der Waals surface area contributed by atoms with Gasteiger partial charge in [0, 0.05) is 12.2 Å². The third-order valence-corrected chi connectivity index (χ3v) is 3.13. The lowest BCUT2D eigenvalue weighted by Gasteiger charge is -2.07. The van der Waals surface area contributed by atoms with Crippen molar-refractivity contribution in [3.8, 4) is 0 Å². The minimum absolute atomic E-state index is 0. The standard InChI is InChI=1S/C17H21N3.HI/c1-2-14-9-6-10-16(13-14)20-17(18)19-12-11-15-7-4-3-5-8-15;/h3-10,13H,2,11-12H2,1H3,(H3,18,19,20);1H. The fourth-order valence-corrected chi connectivity index (χ4v) is 2.01. The molecule has 0 aromatic heterocycles. The van der Waals surface area contributed by atoms with Crippen molar-refractivity contribution in [2.75, 3.05) is 11.9 Å². The molecule has 0 spiro atoms. The maximum atomic E-state index is 5.90. The van der Waals surface area contributed by atoms with Crippen LogP contribution in [0, 0.1) is 0 Å². The molecule has 2 aromatic rings. The summed E-state index contributed by atoms with van der Waals surface area (Å²) in [7, 11) is 0. The Morgan fingerprint density at radius 3 is 2.48 bits per heavy atom. The number of benzene rings is 2. The molecule has 3 N–H and O–H groups in total. The second-order valence-corrected chi connectivity index (χ2v) is 4.68. The van der Waals surface area contributed by atoms with Crippen molar-refractivity contribution in [1.82, 2.24) is 0 Å². The van der Waals surface area contributed by atoms with Gasteiger partial charge in [-0.3, -0.25) is 4.99 Å². The van der Waals surface area contributed by atoms with Crippen molar-refractivity contribution in [3.63, 3.8) is 0 Å². The first kappa shape index (κ1) is 17.5. The van der Waals surface area contributed by atoms with Crippen molar-refractivity contribution in [2.24, 2.45) is 10.7 Å². The van der Waals surface area contributed by atoms with Gasteiger partial charge in [0.25, 0.3) is 0 Å². The monoisotopic (exact) mass is 395 g/mol. The molecule has 0 bridgehead atoms. The van der Waals surface area contributed by atoms with E-state index in [0.29, 0.717) is 12.5 Å². The Hall–Kier alpha value is -1.56. The van der Waals surface area contributed by atoms with E-state index in [1.807, 2.05) is 30.3 Å². The molecular weight excluding hydrogens is 373 g/mol. The summed E-state index contributed by atoms with van der Waals surface area (Å²) in [5.74, 6) is 0.467. The topological polar surface area (TPSA) is 50.4 Å². The lowest BCUT2D eigenvalue weighted by Crippen LogP contribution is -2.23. The highest BCUT2D eigenvalue weighted by Gasteiger charge is 1.97. The largest absolute Gasteiger partial charge is 0.370 e. The number of aliphatic imine (C=N–C) groups is 1. The summed E-state index contributed by atoms with van der Waals surface area (Å²) in [4.78, 5) is 4.35. The second-order valence-electron chi connectivity index (χ2n) is 4.68. The summed E-state index contributed by atoms with van der Waals surface area (Å²) in [6, 6.07) is 18.5. The zero-order valence-corrected chi connectivity index (χ0v) is 14.6. The lowest BCUT2D eigenvalue weighted by molar-refractivity contribution is 0.964. The molecular formula is C17H22IN3. The first-order chi connectivity index (χ1) is 9.78. The van der Waals surface area contributed by atoms with Gasteiger partial charge in [0.1, 0.15) is 0 Å². The number of rotatable bonds is 5. The normalized spacial score (nSPS) is 10.8. The summed E-state index contributed by atoms with van der Waals surface area (Å²) in [6.45, 7) is 2.83. The van der Waals surface area contributed by atoms with Crippen LogP contribution in [0.15, 0.2) is 59.6 Å². The molecule has 0 saturated carbocycles. The quantitative estimate of drug-likeness (QED) is 0.459. The van der Waals surface area contributed by atoms with Crippen LogP contribution >= 0.6 is 24.0 Å². The van der Waals surface area contributed by atoms with Crippen LogP contribution in [0.1, 0.15) is 18.1 Å². The van der Waals surface area contributed by atoms with Crippen LogP contribution in [0.2, 0.25) is 0 Å². The average molecular weight is 395 g/mol. The van der Waals surface area contributed by atoms with E-state index in [1.54, 1.807) is 0 Å². The molecule has 0 aliphatic heterocycles. The summed E-state index contributed by atoms with van der Waals surface area (Å²) >= 11 is 0.